The van der Waals surface area contributed by atoms with Crippen molar-refractivity contribution in [2.24, 2.45) is 5.84 Å². The molecule has 114 valence electrons. The molecule has 2 amide bonds. The average molecular weight is 298 g/mol. The Morgan fingerprint density at radius 3 is 1.82 bits per heavy atom. The zero-order valence-corrected chi connectivity index (χ0v) is 13.0. The molecule has 5 heteroatoms. The van der Waals surface area contributed by atoms with Gasteiger partial charge in [0.1, 0.15) is 5.54 Å². The van der Waals surface area contributed by atoms with Crippen LogP contribution in [0.5, 0.6) is 0 Å². The second-order valence-electron chi connectivity index (χ2n) is 6.11. The van der Waals surface area contributed by atoms with E-state index in [0.29, 0.717) is 11.1 Å². The predicted molar refractivity (Wildman–Crippen MR) is 83.5 cm³/mol. The summed E-state index contributed by atoms with van der Waals surface area (Å²) < 4.78 is -0.832. The quantitative estimate of drug-likeness (QED) is 0.304. The summed E-state index contributed by atoms with van der Waals surface area (Å²) in [6, 6.07) is 11.7. The molecule has 5 nitrogen and oxygen atoms in total. The first-order valence-electron chi connectivity index (χ1n) is 7.01. The number of quaternary nitrogens is 1. The third-order valence-electron chi connectivity index (χ3n) is 3.65. The number of imide groups is 1. The summed E-state index contributed by atoms with van der Waals surface area (Å²) in [5.41, 5.74) is -0.0353. The van der Waals surface area contributed by atoms with Gasteiger partial charge in [0, 0.05) is 12.4 Å². The molecule has 0 fully saturated rings. The molecule has 2 N–H and O–H groups in total. The zero-order chi connectivity index (χ0) is 16.4. The molecule has 1 atom stereocenters. The van der Waals surface area contributed by atoms with Crippen LogP contribution in [0.25, 0.3) is 0 Å². The summed E-state index contributed by atoms with van der Waals surface area (Å²) in [5, 5.41) is 0. The van der Waals surface area contributed by atoms with Gasteiger partial charge < -0.3 is 0 Å². The third kappa shape index (κ3) is 2.68. The van der Waals surface area contributed by atoms with Gasteiger partial charge in [-0.15, -0.1) is 4.59 Å². The van der Waals surface area contributed by atoms with E-state index in [0.717, 1.165) is 0 Å². The van der Waals surface area contributed by atoms with Crippen molar-refractivity contribution in [1.82, 2.24) is 4.98 Å². The highest BCUT2D eigenvalue weighted by Crippen LogP contribution is 2.26. The van der Waals surface area contributed by atoms with Gasteiger partial charge in [-0.1, -0.05) is 18.2 Å². The molecule has 2 rings (SSSR count). The fourth-order valence-electron chi connectivity index (χ4n) is 2.18. The zero-order valence-electron chi connectivity index (χ0n) is 13.0. The van der Waals surface area contributed by atoms with Gasteiger partial charge in [0.2, 0.25) is 0 Å². The molecule has 22 heavy (non-hydrogen) atoms. The lowest BCUT2D eigenvalue weighted by Crippen LogP contribution is -2.71. The summed E-state index contributed by atoms with van der Waals surface area (Å²) in [6.45, 7) is 5.31. The van der Waals surface area contributed by atoms with Crippen molar-refractivity contribution in [2.75, 3.05) is 0 Å². The third-order valence-corrected chi connectivity index (χ3v) is 3.65. The highest BCUT2D eigenvalue weighted by atomic mass is 16.2. The van der Waals surface area contributed by atoms with Crippen molar-refractivity contribution in [3.63, 3.8) is 0 Å². The van der Waals surface area contributed by atoms with Crippen LogP contribution in [0.3, 0.4) is 0 Å². The van der Waals surface area contributed by atoms with Crippen molar-refractivity contribution in [3.05, 3.63) is 66.0 Å². The minimum absolute atomic E-state index is 0.358. The van der Waals surface area contributed by atoms with Crippen LogP contribution in [0.15, 0.2) is 54.9 Å². The molecule has 0 radical (unpaired) electrons. The molecule has 2 aromatic rings. The van der Waals surface area contributed by atoms with Crippen LogP contribution in [0.2, 0.25) is 0 Å². The topological polar surface area (TPSA) is 73.1 Å². The molecule has 1 aromatic carbocycles. The number of pyridine rings is 1. The van der Waals surface area contributed by atoms with Crippen LogP contribution in [-0.2, 0) is 0 Å². The summed E-state index contributed by atoms with van der Waals surface area (Å²) >= 11 is 0. The first-order valence-corrected chi connectivity index (χ1v) is 7.01. The summed E-state index contributed by atoms with van der Waals surface area (Å²) in [5.74, 6) is 5.45. The lowest BCUT2D eigenvalue weighted by molar-refractivity contribution is -0.829. The van der Waals surface area contributed by atoms with Gasteiger partial charge in [0.25, 0.3) is 0 Å². The summed E-state index contributed by atoms with van der Waals surface area (Å²) in [6.07, 6.45) is 3.01. The molecule has 0 saturated heterocycles. The SMILES string of the molecule is CC(C)(C)[N+](N)(C(=O)c1ccccc1)C(=O)c1ccncc1. The molecule has 1 aromatic heterocycles. The number of benzene rings is 1. The number of carbonyl (C=O) groups is 2. The van der Waals surface area contributed by atoms with E-state index >= 15 is 0 Å². The Bertz CT molecular complexity index is 625. The Kier molecular flexibility index (Phi) is 4.21. The normalized spacial score (nSPS) is 14.2. The van der Waals surface area contributed by atoms with Crippen LogP contribution in [0.1, 0.15) is 41.5 Å². The molecule has 0 aliphatic carbocycles. The van der Waals surface area contributed by atoms with Crippen molar-refractivity contribution in [2.45, 2.75) is 26.3 Å². The van der Waals surface area contributed by atoms with Crippen molar-refractivity contribution >= 4 is 11.8 Å². The van der Waals surface area contributed by atoms with Crippen molar-refractivity contribution < 1.29 is 14.2 Å². The molecule has 0 saturated carbocycles. The van der Waals surface area contributed by atoms with Crippen LogP contribution in [0.4, 0.5) is 0 Å². The number of amides is 2. The van der Waals surface area contributed by atoms with Crippen molar-refractivity contribution in [1.29, 1.82) is 0 Å². The summed E-state index contributed by atoms with van der Waals surface area (Å²) in [4.78, 5) is 29.8. The fourth-order valence-corrected chi connectivity index (χ4v) is 2.18. The minimum Gasteiger partial charge on any atom is -0.265 e. The number of nitrogens with two attached hydrogens (primary N) is 1. The molecular weight excluding hydrogens is 278 g/mol. The number of carbonyl (C=O) groups excluding carboxylic acids is 2. The lowest BCUT2D eigenvalue weighted by atomic mass is 10.00. The molecule has 1 heterocycles. The van der Waals surface area contributed by atoms with Crippen LogP contribution in [-0.4, -0.2) is 26.9 Å². The molecule has 0 aliphatic heterocycles. The van der Waals surface area contributed by atoms with Gasteiger partial charge in [0.15, 0.2) is 0 Å². The Hall–Kier alpha value is -2.37. The van der Waals surface area contributed by atoms with Gasteiger partial charge >= 0.3 is 11.8 Å². The first-order chi connectivity index (χ1) is 10.3. The van der Waals surface area contributed by atoms with Gasteiger partial charge in [-0.3, -0.25) is 4.98 Å². The van der Waals surface area contributed by atoms with E-state index in [1.54, 1.807) is 57.2 Å². The fraction of sp³-hybridized carbons (Fsp3) is 0.235. The second kappa shape index (κ2) is 5.79. The van der Waals surface area contributed by atoms with E-state index in [-0.39, 0.29) is 0 Å². The van der Waals surface area contributed by atoms with E-state index in [1.165, 1.54) is 12.4 Å². The highest BCUT2D eigenvalue weighted by Gasteiger charge is 2.52. The van der Waals surface area contributed by atoms with E-state index in [1.807, 2.05) is 6.07 Å². The van der Waals surface area contributed by atoms with E-state index in [4.69, 9.17) is 5.84 Å². The van der Waals surface area contributed by atoms with Crippen LogP contribution >= 0.6 is 0 Å². The number of aromatic nitrogens is 1. The van der Waals surface area contributed by atoms with Crippen LogP contribution < -0.4 is 5.84 Å². The summed E-state index contributed by atoms with van der Waals surface area (Å²) in [7, 11) is 0. The number of hydrogen-bond acceptors (Lipinski definition) is 4. The predicted octanol–water partition coefficient (Wildman–Crippen LogP) is 2.55. The van der Waals surface area contributed by atoms with Crippen molar-refractivity contribution in [3.8, 4) is 0 Å². The lowest BCUT2D eigenvalue weighted by Gasteiger charge is -2.38. The van der Waals surface area contributed by atoms with Crippen LogP contribution in [0, 0.1) is 0 Å². The number of nitrogens with zero attached hydrogens (tertiary/aromatic N) is 2. The molecule has 1 unspecified atom stereocenters. The smallest absolute Gasteiger partial charge is 0.265 e. The van der Waals surface area contributed by atoms with Gasteiger partial charge in [-0.25, -0.2) is 9.59 Å². The van der Waals surface area contributed by atoms with E-state index in [9.17, 15) is 9.59 Å². The number of hydrogen-bond donors (Lipinski definition) is 1. The van der Waals surface area contributed by atoms with Gasteiger partial charge in [-0.2, -0.15) is 5.84 Å². The monoisotopic (exact) mass is 298 g/mol. The van der Waals surface area contributed by atoms with E-state index < -0.39 is 21.9 Å². The first kappa shape index (κ1) is 16.0. The molecule has 0 spiro atoms. The Morgan fingerprint density at radius 1 is 0.909 bits per heavy atom. The Morgan fingerprint density at radius 2 is 1.36 bits per heavy atom. The van der Waals surface area contributed by atoms with Gasteiger partial charge in [0.05, 0.1) is 11.1 Å². The largest absolute Gasteiger partial charge is 0.373 e. The minimum atomic E-state index is -0.832. The standard InChI is InChI=1S/C17H20N3O2/c1-17(2,3)20(18,15(21)13-7-5-4-6-8-13)16(22)14-9-11-19-12-10-14/h4-12H,18H2,1-3H3/q+1. The Labute approximate surface area is 130 Å². The maximum atomic E-state index is 12.9. The second-order valence-corrected chi connectivity index (χ2v) is 6.11. The average Bonchev–Trinajstić information content (AvgIpc) is 2.53. The molecule has 0 bridgehead atoms. The van der Waals surface area contributed by atoms with E-state index in [2.05, 4.69) is 4.98 Å². The maximum Gasteiger partial charge on any atom is 0.373 e. The number of rotatable bonds is 2. The Balaban J connectivity index is 2.55. The maximum absolute atomic E-state index is 12.9. The highest BCUT2D eigenvalue weighted by molar-refractivity contribution is 6.01. The van der Waals surface area contributed by atoms with Gasteiger partial charge in [-0.05, 0) is 45.0 Å². The molecule has 0 aliphatic rings. The molecular formula is C17H20N3O2+.